The number of hydrogen-bond donors (Lipinski definition) is 13. The molecule has 3 aromatic carbocycles. The molecule has 4 saturated heterocycles. The monoisotopic (exact) mass is 1060 g/mol. The molecule has 20 atom stereocenters. The number of aliphatic hydroxyl groups excluding tert-OH is 10. The second-order valence-electron chi connectivity index (χ2n) is 18.4. The van der Waals surface area contributed by atoms with Gasteiger partial charge in [0.1, 0.15) is 95.4 Å². The fourth-order valence-electron chi connectivity index (χ4n) is 8.75. The van der Waals surface area contributed by atoms with E-state index in [-0.39, 0.29) is 28.6 Å². The first-order valence-electron chi connectivity index (χ1n) is 23.5. The Morgan fingerprint density at radius 1 is 0.613 bits per heavy atom. The van der Waals surface area contributed by atoms with Gasteiger partial charge in [-0.2, -0.15) is 0 Å². The number of esters is 1. The maximum absolute atomic E-state index is 15.0. The molecule has 8 rings (SSSR count). The fourth-order valence-corrected chi connectivity index (χ4v) is 8.75. The second-order valence-corrected chi connectivity index (χ2v) is 18.4. The van der Waals surface area contributed by atoms with E-state index in [4.69, 9.17) is 51.8 Å². The topological polar surface area (TPSA) is 403 Å². The molecule has 13 N–H and O–H groups in total. The molecule has 75 heavy (non-hydrogen) atoms. The summed E-state index contributed by atoms with van der Waals surface area (Å²) in [6.45, 7) is 3.30. The van der Waals surface area contributed by atoms with Crippen LogP contribution in [0.3, 0.4) is 0 Å². The predicted molar refractivity (Wildman–Crippen MR) is 249 cm³/mol. The van der Waals surface area contributed by atoms with E-state index in [9.17, 15) is 71.2 Å². The number of methoxy groups -OCH3 is 1. The van der Waals surface area contributed by atoms with Crippen molar-refractivity contribution in [2.24, 2.45) is 0 Å². The van der Waals surface area contributed by atoms with Crippen LogP contribution < -0.4 is 19.6 Å². The van der Waals surface area contributed by atoms with Gasteiger partial charge in [-0.3, -0.25) is 4.79 Å². The maximum Gasteiger partial charge on any atom is 0.331 e. The standard InChI is InChI=1S/C49H58O26/c1-17-31(54)36(59)39(62)46(67-17)66-16-28-34(57)43(73-29(53)12-7-20-5-9-22(50)10-6-20)45(75-48-41(64)38(61)33(56)19(3)69-48)49(72-28)74-44-35(58)30-25(52)14-23(70-47-40(63)37(60)32(55)18(2)68-47)15-27(30)71-42(44)21-8-11-24(51)26(13-21)65-4/h5-15,17-19,28,31-34,36-41,43,45-52,54-57,59-64H,16H2,1-4H3/b12-7+/t17-,18+,19-,28-,31-,32-,33-,34-,36-,37+,38+,39-,40-,41-,43-,45-,46+,47-,48-,49-/m0/s1. The Balaban J connectivity index is 1.24. The van der Waals surface area contributed by atoms with Gasteiger partial charge in [0.15, 0.2) is 42.0 Å². The summed E-state index contributed by atoms with van der Waals surface area (Å²) in [7, 11) is 1.22. The molecule has 4 aromatic rings. The first kappa shape index (κ1) is 55.5. The molecule has 410 valence electrons. The van der Waals surface area contributed by atoms with Gasteiger partial charge in [-0.05, 0) is 62.7 Å². The summed E-state index contributed by atoms with van der Waals surface area (Å²) in [5, 5.41) is 139. The molecule has 0 spiro atoms. The van der Waals surface area contributed by atoms with Crippen LogP contribution in [0, 0.1) is 0 Å². The molecule has 4 aliphatic rings. The van der Waals surface area contributed by atoms with E-state index >= 15 is 4.79 Å². The minimum Gasteiger partial charge on any atom is -0.508 e. The lowest BCUT2D eigenvalue weighted by Gasteiger charge is -2.47. The van der Waals surface area contributed by atoms with Crippen molar-refractivity contribution in [3.05, 3.63) is 76.5 Å². The van der Waals surface area contributed by atoms with E-state index in [0.717, 1.165) is 24.3 Å². The van der Waals surface area contributed by atoms with E-state index < -0.39 is 169 Å². The van der Waals surface area contributed by atoms with Crippen LogP contribution in [0.25, 0.3) is 28.4 Å². The van der Waals surface area contributed by atoms with Crippen LogP contribution in [0.2, 0.25) is 0 Å². The maximum atomic E-state index is 15.0. The molecule has 0 aliphatic carbocycles. The zero-order valence-corrected chi connectivity index (χ0v) is 40.2. The van der Waals surface area contributed by atoms with Crippen molar-refractivity contribution < 1.29 is 123 Å². The van der Waals surface area contributed by atoms with Crippen LogP contribution in [0.15, 0.2) is 69.9 Å². The first-order valence-corrected chi connectivity index (χ1v) is 23.5. The summed E-state index contributed by atoms with van der Waals surface area (Å²) in [6, 6.07) is 11.3. The van der Waals surface area contributed by atoms with Crippen molar-refractivity contribution in [2.75, 3.05) is 13.7 Å². The Hall–Kier alpha value is -5.76. The number of carbonyl (C=O) groups excluding carboxylic acids is 1. The molecule has 1 aromatic heterocycles. The van der Waals surface area contributed by atoms with Crippen molar-refractivity contribution in [3.63, 3.8) is 0 Å². The Morgan fingerprint density at radius 2 is 1.20 bits per heavy atom. The normalized spacial score (nSPS) is 36.3. The highest BCUT2D eigenvalue weighted by atomic mass is 16.8. The van der Waals surface area contributed by atoms with Gasteiger partial charge in [-0.25, -0.2) is 4.79 Å². The molecule has 0 radical (unpaired) electrons. The molecule has 0 saturated carbocycles. The van der Waals surface area contributed by atoms with Crippen LogP contribution in [0.5, 0.6) is 34.5 Å². The van der Waals surface area contributed by atoms with Crippen LogP contribution in [-0.2, 0) is 38.0 Å². The van der Waals surface area contributed by atoms with Gasteiger partial charge < -0.3 is 118 Å². The number of carbonyl (C=O) groups is 1. The average Bonchev–Trinajstić information content (AvgIpc) is 3.38. The Kier molecular flexibility index (Phi) is 16.9. The van der Waals surface area contributed by atoms with Crippen LogP contribution in [0.1, 0.15) is 26.3 Å². The summed E-state index contributed by atoms with van der Waals surface area (Å²) in [5.74, 6) is -4.20. The summed E-state index contributed by atoms with van der Waals surface area (Å²) >= 11 is 0. The van der Waals surface area contributed by atoms with E-state index in [0.29, 0.717) is 5.56 Å². The summed E-state index contributed by atoms with van der Waals surface area (Å²) in [5.41, 5.74) is -1.24. The van der Waals surface area contributed by atoms with E-state index in [1.54, 1.807) is 0 Å². The number of phenols is 3. The number of ether oxygens (including phenoxy) is 10. The van der Waals surface area contributed by atoms with Gasteiger partial charge >= 0.3 is 5.97 Å². The van der Waals surface area contributed by atoms with E-state index in [1.807, 2.05) is 0 Å². The number of aromatic hydroxyl groups is 3. The van der Waals surface area contributed by atoms with Gasteiger partial charge in [0.25, 0.3) is 0 Å². The predicted octanol–water partition coefficient (Wildman–Crippen LogP) is -2.06. The third kappa shape index (κ3) is 11.5. The fraction of sp³-hybridized carbons (Fsp3) is 0.510. The Labute approximate surface area is 424 Å². The van der Waals surface area contributed by atoms with Crippen LogP contribution in [-0.4, -0.2) is 209 Å². The number of fused-ring (bicyclic) bond motifs is 1. The minimum absolute atomic E-state index is 0.0627. The van der Waals surface area contributed by atoms with Gasteiger partial charge in [-0.15, -0.1) is 0 Å². The van der Waals surface area contributed by atoms with E-state index in [1.165, 1.54) is 70.4 Å². The Bertz CT molecular complexity index is 2720. The van der Waals surface area contributed by atoms with Crippen molar-refractivity contribution >= 4 is 23.0 Å². The van der Waals surface area contributed by atoms with E-state index in [2.05, 4.69) is 0 Å². The quantitative estimate of drug-likeness (QED) is 0.0477. The molecule has 26 nitrogen and oxygen atoms in total. The van der Waals surface area contributed by atoms with Gasteiger partial charge in [-0.1, -0.05) is 12.1 Å². The lowest BCUT2D eigenvalue weighted by molar-refractivity contribution is -0.360. The highest BCUT2D eigenvalue weighted by Gasteiger charge is 2.54. The molecule has 4 fully saturated rings. The molecule has 26 heteroatoms. The zero-order valence-electron chi connectivity index (χ0n) is 40.2. The molecule has 0 unspecified atom stereocenters. The highest BCUT2D eigenvalue weighted by molar-refractivity contribution is 5.89. The van der Waals surface area contributed by atoms with Crippen molar-refractivity contribution in [2.45, 2.75) is 144 Å². The largest absolute Gasteiger partial charge is 0.508 e. The molecule has 0 bridgehead atoms. The summed E-state index contributed by atoms with van der Waals surface area (Å²) in [4.78, 5) is 28.8. The Morgan fingerprint density at radius 3 is 1.83 bits per heavy atom. The SMILES string of the molecule is COc1cc(-c2oc3cc(O[C@@H]4O[C@H](C)[C@H](O)[C@@H](O)[C@@H]4O)cc(O)c3c(=O)c2O[C@@H]2O[C@@H](CO[C@@H]3O[C@@H](C)[C@H](O)[C@H](O)[C@@H]3O)[C@H](O)[C@H](OC(=O)/C=C/c3ccc(O)cc3)[C@@H]2O[C@@H]2O[C@@H](C)[C@H](O)[C@@H](O)[C@@H]2O)ccc1O. The molecule has 4 aliphatic heterocycles. The third-order valence-corrected chi connectivity index (χ3v) is 13.2. The highest BCUT2D eigenvalue weighted by Crippen LogP contribution is 2.42. The number of hydrogen-bond acceptors (Lipinski definition) is 26. The van der Waals surface area contributed by atoms with Gasteiger partial charge in [0.05, 0.1) is 32.0 Å². The van der Waals surface area contributed by atoms with Crippen LogP contribution in [0.4, 0.5) is 0 Å². The number of aliphatic hydroxyl groups is 10. The van der Waals surface area contributed by atoms with Gasteiger partial charge in [0, 0.05) is 23.8 Å². The number of phenolic OH excluding ortho intramolecular Hbond substituents is 3. The molecular formula is C49H58O26. The smallest absolute Gasteiger partial charge is 0.331 e. The van der Waals surface area contributed by atoms with Crippen LogP contribution >= 0.6 is 0 Å². The number of benzene rings is 3. The molecule has 0 amide bonds. The van der Waals surface area contributed by atoms with Crippen molar-refractivity contribution in [1.82, 2.24) is 0 Å². The first-order chi connectivity index (χ1) is 35.6. The molecular weight excluding hydrogens is 1000 g/mol. The third-order valence-electron chi connectivity index (χ3n) is 13.2. The minimum atomic E-state index is -2.17. The second kappa shape index (κ2) is 22.8. The van der Waals surface area contributed by atoms with Crippen molar-refractivity contribution in [1.29, 1.82) is 0 Å². The number of rotatable bonds is 14. The van der Waals surface area contributed by atoms with Crippen molar-refractivity contribution in [3.8, 4) is 45.8 Å². The van der Waals surface area contributed by atoms with Gasteiger partial charge in [0.2, 0.25) is 23.8 Å². The zero-order chi connectivity index (χ0) is 54.3. The average molecular weight is 1060 g/mol. The molecule has 5 heterocycles. The summed E-state index contributed by atoms with van der Waals surface area (Å²) < 4.78 is 64.6. The lowest BCUT2D eigenvalue weighted by atomic mass is 9.97. The summed E-state index contributed by atoms with van der Waals surface area (Å²) in [6.07, 6.45) is -32.2. The lowest BCUT2D eigenvalue weighted by Crippen LogP contribution is -2.66.